The van der Waals surface area contributed by atoms with Crippen LogP contribution >= 0.6 is 0 Å². The molecule has 0 saturated carbocycles. The molecular weight excluding hydrogens is 252 g/mol. The van der Waals surface area contributed by atoms with Gasteiger partial charge in [0, 0.05) is 17.5 Å². The Morgan fingerprint density at radius 1 is 1.05 bits per heavy atom. The van der Waals surface area contributed by atoms with E-state index >= 15 is 0 Å². The van der Waals surface area contributed by atoms with Crippen molar-refractivity contribution in [3.63, 3.8) is 0 Å². The second-order valence-corrected chi connectivity index (χ2v) is 4.92. The number of rotatable bonds is 5. The fraction of sp³-hybridized carbons (Fsp3) is 0.250. The minimum absolute atomic E-state index is 0.251. The van der Waals surface area contributed by atoms with Gasteiger partial charge in [-0.25, -0.2) is 0 Å². The molecule has 1 N–H and O–H groups in total. The van der Waals surface area contributed by atoms with Crippen LogP contribution in [0, 0.1) is 17.0 Å². The lowest BCUT2D eigenvalue weighted by Gasteiger charge is -2.21. The van der Waals surface area contributed by atoms with Crippen molar-refractivity contribution in [3.8, 4) is 0 Å². The third-order valence-corrected chi connectivity index (χ3v) is 3.35. The van der Waals surface area contributed by atoms with E-state index in [-0.39, 0.29) is 11.0 Å². The standard InChI is InChI=1S/C16H18N2O2/c1-12-8-10-15(11-9-12)17-16(13(2)18(19)20)14-6-4-3-5-7-14/h3-11,13,16-17H,1-2H3/t13-,16+/m1/s1. The molecule has 2 rings (SSSR count). The van der Waals surface area contributed by atoms with E-state index in [0.717, 1.165) is 16.8 Å². The zero-order valence-corrected chi connectivity index (χ0v) is 11.6. The van der Waals surface area contributed by atoms with Gasteiger partial charge in [0.15, 0.2) is 0 Å². The molecule has 0 aliphatic rings. The van der Waals surface area contributed by atoms with Gasteiger partial charge in [0.05, 0.1) is 0 Å². The first-order chi connectivity index (χ1) is 9.58. The lowest BCUT2D eigenvalue weighted by Crippen LogP contribution is -2.29. The number of nitrogens with one attached hydrogen (secondary N) is 1. The summed E-state index contributed by atoms with van der Waals surface area (Å²) in [5, 5.41) is 14.4. The molecule has 4 nitrogen and oxygen atoms in total. The molecule has 2 atom stereocenters. The SMILES string of the molecule is Cc1ccc(N[C@H](c2ccccc2)[C@@H](C)[N+](=O)[O-])cc1. The van der Waals surface area contributed by atoms with Crippen LogP contribution in [0.2, 0.25) is 0 Å². The second kappa shape index (κ2) is 6.19. The maximum Gasteiger partial charge on any atom is 0.234 e. The Kier molecular flexibility index (Phi) is 4.35. The van der Waals surface area contributed by atoms with Gasteiger partial charge in [-0.2, -0.15) is 0 Å². The Hall–Kier alpha value is -2.36. The van der Waals surface area contributed by atoms with Crippen molar-refractivity contribution in [3.05, 3.63) is 75.8 Å². The van der Waals surface area contributed by atoms with Gasteiger partial charge in [-0.3, -0.25) is 10.1 Å². The lowest BCUT2D eigenvalue weighted by atomic mass is 10.0. The topological polar surface area (TPSA) is 55.2 Å². The van der Waals surface area contributed by atoms with Gasteiger partial charge in [-0.1, -0.05) is 48.0 Å². The molecule has 0 aliphatic heterocycles. The minimum atomic E-state index is -0.710. The van der Waals surface area contributed by atoms with E-state index in [0.29, 0.717) is 0 Å². The van der Waals surface area contributed by atoms with E-state index in [1.54, 1.807) is 6.92 Å². The Bertz CT molecular complexity index is 567. The molecule has 0 bridgehead atoms. The van der Waals surface area contributed by atoms with E-state index < -0.39 is 6.04 Å². The molecule has 0 saturated heterocycles. The zero-order chi connectivity index (χ0) is 14.5. The molecule has 0 aliphatic carbocycles. The van der Waals surface area contributed by atoms with Crippen molar-refractivity contribution in [2.24, 2.45) is 0 Å². The summed E-state index contributed by atoms with van der Waals surface area (Å²) < 4.78 is 0. The quantitative estimate of drug-likeness (QED) is 0.664. The summed E-state index contributed by atoms with van der Waals surface area (Å²) in [4.78, 5) is 10.9. The number of aryl methyl sites for hydroxylation is 1. The summed E-state index contributed by atoms with van der Waals surface area (Å²) in [5.74, 6) is 0. The Balaban J connectivity index is 2.27. The van der Waals surface area contributed by atoms with Crippen molar-refractivity contribution < 1.29 is 4.92 Å². The van der Waals surface area contributed by atoms with Crippen LogP contribution < -0.4 is 5.32 Å². The number of hydrogen-bond acceptors (Lipinski definition) is 3. The Morgan fingerprint density at radius 2 is 1.65 bits per heavy atom. The normalized spacial score (nSPS) is 13.5. The van der Waals surface area contributed by atoms with Crippen LogP contribution in [0.15, 0.2) is 54.6 Å². The third kappa shape index (κ3) is 3.35. The molecule has 0 unspecified atom stereocenters. The summed E-state index contributed by atoms with van der Waals surface area (Å²) in [7, 11) is 0. The average molecular weight is 270 g/mol. The van der Waals surface area contributed by atoms with Gasteiger partial charge in [0.1, 0.15) is 6.04 Å². The number of benzene rings is 2. The monoisotopic (exact) mass is 270 g/mol. The van der Waals surface area contributed by atoms with Crippen molar-refractivity contribution in [1.29, 1.82) is 0 Å². The first-order valence-electron chi connectivity index (χ1n) is 6.59. The van der Waals surface area contributed by atoms with Crippen LogP contribution in [-0.4, -0.2) is 11.0 Å². The van der Waals surface area contributed by atoms with E-state index in [4.69, 9.17) is 0 Å². The van der Waals surface area contributed by atoms with Crippen LogP contribution in [0.1, 0.15) is 24.1 Å². The summed E-state index contributed by atoms with van der Waals surface area (Å²) in [6, 6.07) is 16.3. The number of hydrogen-bond donors (Lipinski definition) is 1. The summed E-state index contributed by atoms with van der Waals surface area (Å²) in [6.07, 6.45) is 0. The van der Waals surface area contributed by atoms with Crippen molar-refractivity contribution >= 4 is 5.69 Å². The highest BCUT2D eigenvalue weighted by atomic mass is 16.6. The van der Waals surface area contributed by atoms with E-state index in [2.05, 4.69) is 5.32 Å². The molecular formula is C16H18N2O2. The molecule has 2 aromatic carbocycles. The minimum Gasteiger partial charge on any atom is -0.372 e. The van der Waals surface area contributed by atoms with Crippen molar-refractivity contribution in [2.75, 3.05) is 5.32 Å². The maximum atomic E-state index is 11.1. The number of anilines is 1. The zero-order valence-electron chi connectivity index (χ0n) is 11.6. The predicted molar refractivity (Wildman–Crippen MR) is 80.4 cm³/mol. The smallest absolute Gasteiger partial charge is 0.234 e. The van der Waals surface area contributed by atoms with Crippen molar-refractivity contribution in [1.82, 2.24) is 0 Å². The van der Waals surface area contributed by atoms with Gasteiger partial charge >= 0.3 is 0 Å². The average Bonchev–Trinajstić information content (AvgIpc) is 2.47. The highest BCUT2D eigenvalue weighted by Gasteiger charge is 2.27. The second-order valence-electron chi connectivity index (χ2n) is 4.92. The van der Waals surface area contributed by atoms with Crippen LogP contribution in [0.25, 0.3) is 0 Å². The molecule has 0 heterocycles. The first-order valence-corrected chi connectivity index (χ1v) is 6.59. The highest BCUT2D eigenvalue weighted by molar-refractivity contribution is 5.47. The maximum absolute atomic E-state index is 11.1. The fourth-order valence-corrected chi connectivity index (χ4v) is 2.09. The largest absolute Gasteiger partial charge is 0.372 e. The predicted octanol–water partition coefficient (Wildman–Crippen LogP) is 3.81. The van der Waals surface area contributed by atoms with Crippen LogP contribution in [-0.2, 0) is 0 Å². The summed E-state index contributed by atoms with van der Waals surface area (Å²) >= 11 is 0. The molecule has 20 heavy (non-hydrogen) atoms. The van der Waals surface area contributed by atoms with Crippen LogP contribution in [0.3, 0.4) is 0 Å². The van der Waals surface area contributed by atoms with Crippen molar-refractivity contribution in [2.45, 2.75) is 25.9 Å². The molecule has 0 spiro atoms. The van der Waals surface area contributed by atoms with Crippen LogP contribution in [0.5, 0.6) is 0 Å². The van der Waals surface area contributed by atoms with E-state index in [1.807, 2.05) is 61.5 Å². The van der Waals surface area contributed by atoms with Gasteiger partial charge in [-0.05, 0) is 24.6 Å². The van der Waals surface area contributed by atoms with Crippen LogP contribution in [0.4, 0.5) is 5.69 Å². The Labute approximate surface area is 118 Å². The molecule has 0 radical (unpaired) electrons. The van der Waals surface area contributed by atoms with Gasteiger partial charge in [0.2, 0.25) is 6.04 Å². The molecule has 2 aromatic rings. The number of nitrogens with zero attached hydrogens (tertiary/aromatic N) is 1. The van der Waals surface area contributed by atoms with Gasteiger partial charge in [-0.15, -0.1) is 0 Å². The third-order valence-electron chi connectivity index (χ3n) is 3.35. The molecule has 0 aromatic heterocycles. The van der Waals surface area contributed by atoms with E-state index in [1.165, 1.54) is 0 Å². The molecule has 104 valence electrons. The first kappa shape index (κ1) is 14.1. The van der Waals surface area contributed by atoms with Gasteiger partial charge in [0.25, 0.3) is 0 Å². The van der Waals surface area contributed by atoms with Gasteiger partial charge < -0.3 is 5.32 Å². The fourth-order valence-electron chi connectivity index (χ4n) is 2.09. The molecule has 4 heteroatoms. The van der Waals surface area contributed by atoms with E-state index in [9.17, 15) is 10.1 Å². The highest BCUT2D eigenvalue weighted by Crippen LogP contribution is 2.24. The molecule has 0 amide bonds. The lowest BCUT2D eigenvalue weighted by molar-refractivity contribution is -0.521. The number of nitro groups is 1. The Morgan fingerprint density at radius 3 is 2.20 bits per heavy atom. The summed E-state index contributed by atoms with van der Waals surface area (Å²) in [5.41, 5.74) is 2.96. The molecule has 0 fully saturated rings. The summed E-state index contributed by atoms with van der Waals surface area (Å²) in [6.45, 7) is 3.64.